The lowest BCUT2D eigenvalue weighted by molar-refractivity contribution is 0.740. The summed E-state index contributed by atoms with van der Waals surface area (Å²) in [6.45, 7) is 0.664. The van der Waals surface area contributed by atoms with Crippen molar-refractivity contribution in [2.45, 2.75) is 19.3 Å². The van der Waals surface area contributed by atoms with Crippen LogP contribution in [0, 0.1) is 0 Å². The predicted molar refractivity (Wildman–Crippen MR) is 71.6 cm³/mol. The summed E-state index contributed by atoms with van der Waals surface area (Å²) in [5, 5.41) is 1.55. The number of rotatable bonds is 4. The molecule has 3 N–H and O–H groups in total. The summed E-state index contributed by atoms with van der Waals surface area (Å²) in [6.07, 6.45) is 2.63. The van der Waals surface area contributed by atoms with Gasteiger partial charge in [-0.15, -0.1) is 0 Å². The summed E-state index contributed by atoms with van der Waals surface area (Å²) in [5.74, 6) is 0. The minimum Gasteiger partial charge on any atom is -0.330 e. The van der Waals surface area contributed by atoms with Gasteiger partial charge in [-0.3, -0.25) is 4.79 Å². The van der Waals surface area contributed by atoms with Crippen molar-refractivity contribution in [3.05, 3.63) is 45.2 Å². The minimum absolute atomic E-state index is 0.0531. The number of hydrogen-bond donors (Lipinski definition) is 2. The van der Waals surface area contributed by atoms with E-state index in [1.807, 2.05) is 18.2 Å². The number of aryl methyl sites for hydroxylation is 1. The lowest BCUT2D eigenvalue weighted by Crippen LogP contribution is -2.13. The summed E-state index contributed by atoms with van der Waals surface area (Å²) >= 11 is 6.02. The number of halogens is 1. The molecule has 90 valence electrons. The van der Waals surface area contributed by atoms with Gasteiger partial charge in [-0.1, -0.05) is 23.7 Å². The van der Waals surface area contributed by atoms with Gasteiger partial charge in [0, 0.05) is 10.9 Å². The zero-order valence-corrected chi connectivity index (χ0v) is 10.3. The van der Waals surface area contributed by atoms with Crippen LogP contribution in [0.4, 0.5) is 0 Å². The maximum absolute atomic E-state index is 11.8. The highest BCUT2D eigenvalue weighted by molar-refractivity contribution is 6.35. The van der Waals surface area contributed by atoms with E-state index in [0.717, 1.165) is 30.2 Å². The van der Waals surface area contributed by atoms with Crippen LogP contribution in [0.2, 0.25) is 5.02 Å². The molecule has 0 spiro atoms. The molecule has 2 rings (SSSR count). The van der Waals surface area contributed by atoms with Gasteiger partial charge in [0.25, 0.3) is 5.56 Å². The van der Waals surface area contributed by atoms with Crippen molar-refractivity contribution in [3.63, 3.8) is 0 Å². The molecule has 2 aromatic rings. The standard InChI is InChI=1S/C13H15ClN2O/c14-11-6-3-5-9-8-10(4-1-2-7-15)13(17)16-12(9)11/h3,5-6,8H,1-2,4,7,15H2,(H,16,17). The van der Waals surface area contributed by atoms with Gasteiger partial charge in [-0.05, 0) is 37.9 Å². The zero-order valence-electron chi connectivity index (χ0n) is 9.50. The van der Waals surface area contributed by atoms with E-state index in [4.69, 9.17) is 17.3 Å². The number of hydrogen-bond acceptors (Lipinski definition) is 2. The molecule has 0 aliphatic heterocycles. The average molecular weight is 251 g/mol. The molecule has 0 saturated heterocycles. The van der Waals surface area contributed by atoms with Crippen molar-refractivity contribution in [2.24, 2.45) is 5.73 Å². The first-order valence-corrected chi connectivity index (χ1v) is 6.10. The molecule has 1 heterocycles. The number of fused-ring (bicyclic) bond motifs is 1. The molecule has 0 aliphatic rings. The highest BCUT2D eigenvalue weighted by atomic mass is 35.5. The molecule has 0 unspecified atom stereocenters. The lowest BCUT2D eigenvalue weighted by Gasteiger charge is -2.04. The fourth-order valence-electron chi connectivity index (χ4n) is 1.89. The lowest BCUT2D eigenvalue weighted by atomic mass is 10.1. The molecule has 4 heteroatoms. The van der Waals surface area contributed by atoms with Gasteiger partial charge < -0.3 is 10.7 Å². The van der Waals surface area contributed by atoms with Gasteiger partial charge >= 0.3 is 0 Å². The Morgan fingerprint density at radius 2 is 2.12 bits per heavy atom. The van der Waals surface area contributed by atoms with Crippen LogP contribution in [-0.2, 0) is 6.42 Å². The molecule has 0 fully saturated rings. The summed E-state index contributed by atoms with van der Waals surface area (Å²) in [6, 6.07) is 7.51. The van der Waals surface area contributed by atoms with Crippen molar-refractivity contribution in [1.29, 1.82) is 0 Å². The van der Waals surface area contributed by atoms with Crippen molar-refractivity contribution < 1.29 is 0 Å². The number of nitrogens with one attached hydrogen (secondary N) is 1. The third-order valence-corrected chi connectivity index (χ3v) is 3.12. The first-order valence-electron chi connectivity index (χ1n) is 5.73. The summed E-state index contributed by atoms with van der Waals surface area (Å²) in [4.78, 5) is 14.7. The van der Waals surface area contributed by atoms with E-state index >= 15 is 0 Å². The van der Waals surface area contributed by atoms with Crippen molar-refractivity contribution in [2.75, 3.05) is 6.54 Å². The first-order chi connectivity index (χ1) is 8.22. The topological polar surface area (TPSA) is 58.9 Å². The summed E-state index contributed by atoms with van der Waals surface area (Å²) in [7, 11) is 0. The number of unbranched alkanes of at least 4 members (excludes halogenated alkanes) is 1. The largest absolute Gasteiger partial charge is 0.330 e. The van der Waals surface area contributed by atoms with Crippen LogP contribution in [0.5, 0.6) is 0 Å². The van der Waals surface area contributed by atoms with E-state index in [9.17, 15) is 4.79 Å². The number of para-hydroxylation sites is 1. The van der Waals surface area contributed by atoms with Crippen LogP contribution in [0.15, 0.2) is 29.1 Å². The molecular weight excluding hydrogens is 236 g/mol. The van der Waals surface area contributed by atoms with Crippen LogP contribution in [0.25, 0.3) is 10.9 Å². The molecular formula is C13H15ClN2O. The number of pyridine rings is 1. The highest BCUT2D eigenvalue weighted by Gasteiger charge is 2.04. The van der Waals surface area contributed by atoms with E-state index in [-0.39, 0.29) is 5.56 Å². The zero-order chi connectivity index (χ0) is 12.3. The normalized spacial score (nSPS) is 10.9. The van der Waals surface area contributed by atoms with Crippen LogP contribution in [-0.4, -0.2) is 11.5 Å². The van der Waals surface area contributed by atoms with E-state index < -0.39 is 0 Å². The highest BCUT2D eigenvalue weighted by Crippen LogP contribution is 2.20. The molecule has 0 atom stereocenters. The minimum atomic E-state index is -0.0531. The van der Waals surface area contributed by atoms with E-state index in [1.165, 1.54) is 0 Å². The average Bonchev–Trinajstić information content (AvgIpc) is 2.31. The maximum atomic E-state index is 11.8. The Morgan fingerprint density at radius 1 is 1.29 bits per heavy atom. The second-order valence-electron chi connectivity index (χ2n) is 4.07. The molecule has 0 bridgehead atoms. The van der Waals surface area contributed by atoms with Gasteiger partial charge in [-0.2, -0.15) is 0 Å². The summed E-state index contributed by atoms with van der Waals surface area (Å²) in [5.41, 5.74) is 6.89. The van der Waals surface area contributed by atoms with Crippen LogP contribution in [0.3, 0.4) is 0 Å². The number of nitrogens with two attached hydrogens (primary N) is 1. The monoisotopic (exact) mass is 250 g/mol. The van der Waals surface area contributed by atoms with Crippen molar-refractivity contribution in [1.82, 2.24) is 4.98 Å². The third kappa shape index (κ3) is 2.68. The fraction of sp³-hybridized carbons (Fsp3) is 0.308. The fourth-order valence-corrected chi connectivity index (χ4v) is 2.11. The third-order valence-electron chi connectivity index (χ3n) is 2.81. The first kappa shape index (κ1) is 12.1. The smallest absolute Gasteiger partial charge is 0.251 e. The van der Waals surface area contributed by atoms with Crippen LogP contribution >= 0.6 is 11.6 Å². The van der Waals surface area contributed by atoms with Gasteiger partial charge in [-0.25, -0.2) is 0 Å². The maximum Gasteiger partial charge on any atom is 0.251 e. The Hall–Kier alpha value is -1.32. The SMILES string of the molecule is NCCCCc1cc2cccc(Cl)c2[nH]c1=O. The van der Waals surface area contributed by atoms with Crippen molar-refractivity contribution >= 4 is 22.5 Å². The van der Waals surface area contributed by atoms with Gasteiger partial charge in [0.1, 0.15) is 0 Å². The Labute approximate surface area is 105 Å². The van der Waals surface area contributed by atoms with Gasteiger partial charge in [0.15, 0.2) is 0 Å². The number of H-pyrrole nitrogens is 1. The molecule has 0 amide bonds. The Bertz CT molecular complexity index is 577. The van der Waals surface area contributed by atoms with Crippen LogP contribution < -0.4 is 11.3 Å². The second kappa shape index (κ2) is 5.34. The predicted octanol–water partition coefficient (Wildman–Crippen LogP) is 2.46. The molecule has 3 nitrogen and oxygen atoms in total. The Kier molecular flexibility index (Phi) is 3.82. The van der Waals surface area contributed by atoms with Crippen LogP contribution in [0.1, 0.15) is 18.4 Å². The molecule has 1 aromatic carbocycles. The molecule has 0 saturated carbocycles. The molecule has 17 heavy (non-hydrogen) atoms. The van der Waals surface area contributed by atoms with E-state index in [0.29, 0.717) is 17.1 Å². The van der Waals surface area contributed by atoms with E-state index in [2.05, 4.69) is 4.98 Å². The summed E-state index contributed by atoms with van der Waals surface area (Å²) < 4.78 is 0. The second-order valence-corrected chi connectivity index (χ2v) is 4.48. The van der Waals surface area contributed by atoms with Gasteiger partial charge in [0.05, 0.1) is 10.5 Å². The van der Waals surface area contributed by atoms with Gasteiger partial charge in [0.2, 0.25) is 0 Å². The number of aromatic nitrogens is 1. The number of aromatic amines is 1. The quantitative estimate of drug-likeness (QED) is 0.819. The number of benzene rings is 1. The molecule has 0 aliphatic carbocycles. The Morgan fingerprint density at radius 3 is 2.88 bits per heavy atom. The molecule has 1 aromatic heterocycles. The van der Waals surface area contributed by atoms with E-state index in [1.54, 1.807) is 6.07 Å². The van der Waals surface area contributed by atoms with Crippen molar-refractivity contribution in [3.8, 4) is 0 Å². The Balaban J connectivity index is 2.38. The molecule has 0 radical (unpaired) electrons.